The molecule has 154 valence electrons. The topological polar surface area (TPSA) is 108 Å². The Bertz CT molecular complexity index is 655. The molecule has 0 aliphatic carbocycles. The fourth-order valence-electron chi connectivity index (χ4n) is 1.55. The van der Waals surface area contributed by atoms with Crippen molar-refractivity contribution < 1.29 is 28.0 Å². The molecule has 0 spiro atoms. The van der Waals surface area contributed by atoms with Crippen LogP contribution in [0.1, 0.15) is 5.56 Å². The summed E-state index contributed by atoms with van der Waals surface area (Å²) in [7, 11) is -4.32. The number of phosphoric acid groups is 1. The second-order valence-electron chi connectivity index (χ2n) is 5.11. The van der Waals surface area contributed by atoms with E-state index < -0.39 is 40.6 Å². The quantitative estimate of drug-likeness (QED) is 0.350. The number of alkyl halides is 6. The molecule has 14 heteroatoms. The lowest BCUT2D eigenvalue weighted by atomic mass is 10.1. The normalized spacial score (nSPS) is 14.0. The van der Waals surface area contributed by atoms with E-state index in [0.717, 1.165) is 0 Å². The zero-order valence-electron chi connectivity index (χ0n) is 13.3. The van der Waals surface area contributed by atoms with E-state index in [2.05, 4.69) is 0 Å². The van der Waals surface area contributed by atoms with Gasteiger partial charge in [-0.3, -0.25) is 13.8 Å². The number of rotatable bonds is 9. The number of phosphoric ester groups is 1. The molecule has 27 heavy (non-hydrogen) atoms. The smallest absolute Gasteiger partial charge is 0.480 e. The van der Waals surface area contributed by atoms with Crippen LogP contribution in [0.15, 0.2) is 24.3 Å². The number of aliphatic carboxylic acids is 1. The standard InChI is InChI=1S/C13H14Cl6NO6P/c14-12(15,16)6-24-27(23,25-7-13(17,18)19)26-9-3-1-8(2-4-9)5-10(20)11(21)22/h1-4,10H,5-7,20H2,(H,21,22)/t10-/m0/s1. The maximum atomic E-state index is 12.7. The summed E-state index contributed by atoms with van der Waals surface area (Å²) in [6, 6.07) is 4.77. The van der Waals surface area contributed by atoms with E-state index >= 15 is 0 Å². The van der Waals surface area contributed by atoms with Crippen LogP contribution in [0.4, 0.5) is 0 Å². The minimum Gasteiger partial charge on any atom is -0.480 e. The van der Waals surface area contributed by atoms with Crippen molar-refractivity contribution in [3.05, 3.63) is 29.8 Å². The average Bonchev–Trinajstić information content (AvgIpc) is 2.52. The molecular weight excluding hydrogens is 510 g/mol. The maximum Gasteiger partial charge on any atom is 0.530 e. The first kappa shape index (κ1) is 25.4. The van der Waals surface area contributed by atoms with Crippen LogP contribution < -0.4 is 10.3 Å². The lowest BCUT2D eigenvalue weighted by Crippen LogP contribution is -2.32. The highest BCUT2D eigenvalue weighted by Gasteiger charge is 2.36. The third-order valence-corrected chi connectivity index (χ3v) is 4.67. The monoisotopic (exact) mass is 521 g/mol. The van der Waals surface area contributed by atoms with E-state index in [1.165, 1.54) is 24.3 Å². The van der Waals surface area contributed by atoms with Gasteiger partial charge in [-0.2, -0.15) is 0 Å². The van der Waals surface area contributed by atoms with Crippen LogP contribution in [0.2, 0.25) is 0 Å². The Labute approximate surface area is 185 Å². The van der Waals surface area contributed by atoms with Gasteiger partial charge in [0.15, 0.2) is 0 Å². The Hall–Kier alpha value is 0.340. The molecule has 1 aromatic rings. The molecule has 0 aliphatic rings. The Morgan fingerprint density at radius 2 is 1.48 bits per heavy atom. The maximum absolute atomic E-state index is 12.7. The van der Waals surface area contributed by atoms with E-state index in [1.807, 2.05) is 0 Å². The van der Waals surface area contributed by atoms with Gasteiger partial charge in [-0.25, -0.2) is 4.57 Å². The SMILES string of the molecule is N[C@@H](Cc1ccc(OP(=O)(OCC(Cl)(Cl)Cl)OCC(Cl)(Cl)Cl)cc1)C(=O)O. The van der Waals surface area contributed by atoms with Gasteiger partial charge in [-0.15, -0.1) is 0 Å². The highest BCUT2D eigenvalue weighted by molar-refractivity contribution is 7.49. The summed E-state index contributed by atoms with van der Waals surface area (Å²) in [5.74, 6) is -1.08. The van der Waals surface area contributed by atoms with Crippen molar-refractivity contribution in [2.75, 3.05) is 13.2 Å². The molecule has 0 fully saturated rings. The van der Waals surface area contributed by atoms with Crippen molar-refractivity contribution in [2.24, 2.45) is 5.73 Å². The highest BCUT2D eigenvalue weighted by atomic mass is 35.6. The van der Waals surface area contributed by atoms with Gasteiger partial charge in [-0.05, 0) is 24.1 Å². The van der Waals surface area contributed by atoms with E-state index in [1.54, 1.807) is 0 Å². The summed E-state index contributed by atoms with van der Waals surface area (Å²) in [5.41, 5.74) is 6.07. The van der Waals surface area contributed by atoms with Crippen LogP contribution >= 0.6 is 77.4 Å². The molecule has 0 bridgehead atoms. The van der Waals surface area contributed by atoms with E-state index in [9.17, 15) is 9.36 Å². The second kappa shape index (κ2) is 10.4. The van der Waals surface area contributed by atoms with Crippen LogP contribution in [0.25, 0.3) is 0 Å². The predicted molar refractivity (Wildman–Crippen MR) is 106 cm³/mol. The Kier molecular flexibility index (Phi) is 9.77. The highest BCUT2D eigenvalue weighted by Crippen LogP contribution is 2.52. The number of hydrogen-bond acceptors (Lipinski definition) is 6. The zero-order chi connectivity index (χ0) is 20.9. The molecule has 1 aromatic carbocycles. The minimum absolute atomic E-state index is 0.0552. The number of carbonyl (C=O) groups is 1. The Morgan fingerprint density at radius 1 is 1.04 bits per heavy atom. The Morgan fingerprint density at radius 3 is 1.85 bits per heavy atom. The molecule has 0 aromatic heterocycles. The van der Waals surface area contributed by atoms with Gasteiger partial charge in [0.2, 0.25) is 7.59 Å². The summed E-state index contributed by atoms with van der Waals surface area (Å²) in [4.78, 5) is 10.8. The molecule has 0 amide bonds. The van der Waals surface area contributed by atoms with E-state index in [0.29, 0.717) is 5.56 Å². The first-order chi connectivity index (χ1) is 12.2. The van der Waals surface area contributed by atoms with Crippen LogP contribution in [-0.2, 0) is 24.8 Å². The number of hydrogen-bond donors (Lipinski definition) is 2. The molecule has 0 radical (unpaired) electrons. The minimum atomic E-state index is -4.32. The predicted octanol–water partition coefficient (Wildman–Crippen LogP) is 4.90. The van der Waals surface area contributed by atoms with Gasteiger partial charge < -0.3 is 15.4 Å². The fourth-order valence-corrected chi connectivity index (χ4v) is 3.60. The van der Waals surface area contributed by atoms with Crippen LogP contribution in [-0.4, -0.2) is 37.9 Å². The molecule has 7 nitrogen and oxygen atoms in total. The third-order valence-electron chi connectivity index (χ3n) is 2.69. The summed E-state index contributed by atoms with van der Waals surface area (Å²) in [5, 5.41) is 8.82. The molecule has 0 unspecified atom stereocenters. The lowest BCUT2D eigenvalue weighted by molar-refractivity contribution is -0.138. The summed E-state index contributed by atoms with van der Waals surface area (Å²) in [6.07, 6.45) is 0.0841. The van der Waals surface area contributed by atoms with Crippen molar-refractivity contribution in [2.45, 2.75) is 20.0 Å². The van der Waals surface area contributed by atoms with Gasteiger partial charge in [-0.1, -0.05) is 81.7 Å². The third kappa shape index (κ3) is 11.2. The largest absolute Gasteiger partial charge is 0.530 e. The molecule has 0 saturated heterocycles. The first-order valence-corrected chi connectivity index (χ1v) is 10.7. The summed E-state index contributed by atoms with van der Waals surface area (Å²) < 4.78 is 24.1. The molecule has 3 N–H and O–H groups in total. The number of nitrogens with two attached hydrogens (primary N) is 1. The number of halogens is 6. The molecule has 0 aliphatic heterocycles. The van der Waals surface area contributed by atoms with Gasteiger partial charge in [0.05, 0.1) is 0 Å². The van der Waals surface area contributed by atoms with Crippen molar-refractivity contribution in [1.82, 2.24) is 0 Å². The number of carboxylic acids is 1. The van der Waals surface area contributed by atoms with E-state index in [-0.39, 0.29) is 12.2 Å². The molecular formula is C13H14Cl6NO6P. The fraction of sp³-hybridized carbons (Fsp3) is 0.462. The lowest BCUT2D eigenvalue weighted by Gasteiger charge is -2.22. The van der Waals surface area contributed by atoms with Crippen LogP contribution in [0, 0.1) is 0 Å². The van der Waals surface area contributed by atoms with Gasteiger partial charge in [0.1, 0.15) is 25.0 Å². The van der Waals surface area contributed by atoms with Gasteiger partial charge in [0, 0.05) is 0 Å². The van der Waals surface area contributed by atoms with Crippen molar-refractivity contribution >= 4 is 83.4 Å². The number of carboxylic acid groups (broad SMARTS) is 1. The molecule has 0 saturated carbocycles. The average molecular weight is 524 g/mol. The van der Waals surface area contributed by atoms with E-state index in [4.69, 9.17) is 94.0 Å². The molecule has 1 rings (SSSR count). The van der Waals surface area contributed by atoms with Crippen LogP contribution in [0.3, 0.4) is 0 Å². The Balaban J connectivity index is 2.87. The summed E-state index contributed by atoms with van der Waals surface area (Å²) >= 11 is 33.4. The van der Waals surface area contributed by atoms with Gasteiger partial charge in [0.25, 0.3) is 0 Å². The van der Waals surface area contributed by atoms with Crippen LogP contribution in [0.5, 0.6) is 5.75 Å². The zero-order valence-corrected chi connectivity index (χ0v) is 18.7. The number of benzene rings is 1. The van der Waals surface area contributed by atoms with Crippen molar-refractivity contribution in [3.63, 3.8) is 0 Å². The van der Waals surface area contributed by atoms with Crippen molar-refractivity contribution in [1.29, 1.82) is 0 Å². The first-order valence-electron chi connectivity index (χ1n) is 6.99. The summed E-state index contributed by atoms with van der Waals surface area (Å²) in [6.45, 7) is -1.25. The van der Waals surface area contributed by atoms with Crippen molar-refractivity contribution in [3.8, 4) is 5.75 Å². The second-order valence-corrected chi connectivity index (χ2v) is 11.7. The van der Waals surface area contributed by atoms with Gasteiger partial charge >= 0.3 is 13.8 Å². The molecule has 0 heterocycles. The molecule has 1 atom stereocenters.